The number of methoxy groups -OCH3 is 2. The maximum atomic E-state index is 13.5. The molecule has 0 radical (unpaired) electrons. The van der Waals surface area contributed by atoms with Crippen molar-refractivity contribution in [3.63, 3.8) is 0 Å². The highest BCUT2D eigenvalue weighted by molar-refractivity contribution is 6.00. The molecule has 4 rings (SSSR count). The summed E-state index contributed by atoms with van der Waals surface area (Å²) in [6.45, 7) is 0.456. The predicted molar refractivity (Wildman–Crippen MR) is 137 cm³/mol. The number of hydrogen-bond acceptors (Lipinski definition) is 5. The van der Waals surface area contributed by atoms with Crippen LogP contribution in [0.2, 0.25) is 0 Å². The Balaban J connectivity index is 1.69. The molecule has 1 unspecified atom stereocenters. The van der Waals surface area contributed by atoms with Gasteiger partial charge in [0, 0.05) is 18.3 Å². The van der Waals surface area contributed by atoms with Crippen LogP contribution in [0.3, 0.4) is 0 Å². The first kappa shape index (κ1) is 24.0. The molecule has 3 aromatic carbocycles. The maximum absolute atomic E-state index is 13.5. The molecule has 0 spiro atoms. The molecule has 0 saturated carbocycles. The molecule has 1 N–H and O–H groups in total. The van der Waals surface area contributed by atoms with Gasteiger partial charge in [-0.15, -0.1) is 0 Å². The van der Waals surface area contributed by atoms with Gasteiger partial charge < -0.3 is 19.7 Å². The standard InChI is InChI=1S/C28H30N4O3/c1-31(2)24(20-11-7-5-8-12-20)18-29-28(33)23-19-32(22-13-9-6-10-14-22)30-27(23)21-15-16-25(34-3)26(17-21)35-4/h5-17,19,24H,18H2,1-4H3,(H,29,33). The number of likely N-dealkylation sites (N-methyl/N-ethyl adjacent to an activating group) is 1. The summed E-state index contributed by atoms with van der Waals surface area (Å²) in [6, 6.07) is 25.4. The Labute approximate surface area is 205 Å². The summed E-state index contributed by atoms with van der Waals surface area (Å²) in [5.74, 6) is 0.989. The lowest BCUT2D eigenvalue weighted by Crippen LogP contribution is -2.34. The molecule has 35 heavy (non-hydrogen) atoms. The van der Waals surface area contributed by atoms with Gasteiger partial charge in [0.1, 0.15) is 5.69 Å². The summed E-state index contributed by atoms with van der Waals surface area (Å²) in [5, 5.41) is 7.89. The Kier molecular flexibility index (Phi) is 7.48. The Hall–Kier alpha value is -4.10. The number of ether oxygens (including phenoxy) is 2. The van der Waals surface area contributed by atoms with Gasteiger partial charge in [0.2, 0.25) is 0 Å². The second-order valence-electron chi connectivity index (χ2n) is 8.34. The second kappa shape index (κ2) is 10.9. The summed E-state index contributed by atoms with van der Waals surface area (Å²) in [4.78, 5) is 15.6. The second-order valence-corrected chi connectivity index (χ2v) is 8.34. The van der Waals surface area contributed by atoms with Gasteiger partial charge in [-0.25, -0.2) is 4.68 Å². The predicted octanol–water partition coefficient (Wildman–Crippen LogP) is 4.59. The zero-order chi connectivity index (χ0) is 24.8. The minimum absolute atomic E-state index is 0.0360. The molecular formula is C28H30N4O3. The van der Waals surface area contributed by atoms with Crippen molar-refractivity contribution in [3.05, 3.63) is 96.2 Å². The summed E-state index contributed by atoms with van der Waals surface area (Å²) in [6.07, 6.45) is 1.77. The van der Waals surface area contributed by atoms with Crippen LogP contribution in [0.25, 0.3) is 16.9 Å². The third-order valence-corrected chi connectivity index (χ3v) is 5.90. The molecule has 180 valence electrons. The van der Waals surface area contributed by atoms with E-state index in [1.54, 1.807) is 25.1 Å². The first-order chi connectivity index (χ1) is 17.0. The highest BCUT2D eigenvalue weighted by atomic mass is 16.5. The van der Waals surface area contributed by atoms with Gasteiger partial charge in [-0.2, -0.15) is 5.10 Å². The van der Waals surface area contributed by atoms with E-state index in [2.05, 4.69) is 22.3 Å². The third-order valence-electron chi connectivity index (χ3n) is 5.90. The normalized spacial score (nSPS) is 11.8. The van der Waals surface area contributed by atoms with Gasteiger partial charge >= 0.3 is 0 Å². The van der Waals surface area contributed by atoms with Crippen molar-refractivity contribution in [1.29, 1.82) is 0 Å². The van der Waals surface area contributed by atoms with E-state index < -0.39 is 0 Å². The summed E-state index contributed by atoms with van der Waals surface area (Å²) >= 11 is 0. The number of rotatable bonds is 9. The molecule has 1 aromatic heterocycles. The topological polar surface area (TPSA) is 68.6 Å². The van der Waals surface area contributed by atoms with Gasteiger partial charge in [-0.1, -0.05) is 48.5 Å². The Morgan fingerprint density at radius 3 is 2.23 bits per heavy atom. The van der Waals surface area contributed by atoms with Gasteiger partial charge in [0.25, 0.3) is 5.91 Å². The SMILES string of the molecule is COc1ccc(-c2nn(-c3ccccc3)cc2C(=O)NCC(c2ccccc2)N(C)C)cc1OC. The zero-order valence-electron chi connectivity index (χ0n) is 20.4. The van der Waals surface area contributed by atoms with Crippen LogP contribution in [0, 0.1) is 0 Å². The van der Waals surface area contributed by atoms with Gasteiger partial charge in [-0.05, 0) is 50.0 Å². The molecule has 7 heteroatoms. The monoisotopic (exact) mass is 470 g/mol. The van der Waals surface area contributed by atoms with Crippen LogP contribution in [-0.2, 0) is 0 Å². The van der Waals surface area contributed by atoms with Crippen molar-refractivity contribution in [3.8, 4) is 28.4 Å². The number of aromatic nitrogens is 2. The molecule has 0 aliphatic carbocycles. The number of carbonyl (C=O) groups excluding carboxylic acids is 1. The van der Waals surface area contributed by atoms with Crippen LogP contribution in [0.5, 0.6) is 11.5 Å². The van der Waals surface area contributed by atoms with Crippen LogP contribution in [-0.4, -0.2) is 55.4 Å². The number of para-hydroxylation sites is 1. The van der Waals surface area contributed by atoms with E-state index in [4.69, 9.17) is 14.6 Å². The maximum Gasteiger partial charge on any atom is 0.255 e. The average Bonchev–Trinajstić information content (AvgIpc) is 3.35. The zero-order valence-corrected chi connectivity index (χ0v) is 20.4. The van der Waals surface area contributed by atoms with Crippen LogP contribution in [0.1, 0.15) is 22.0 Å². The molecule has 1 atom stereocenters. The fourth-order valence-electron chi connectivity index (χ4n) is 4.01. The fraction of sp³-hybridized carbons (Fsp3) is 0.214. The minimum Gasteiger partial charge on any atom is -0.493 e. The van der Waals surface area contributed by atoms with Crippen molar-refractivity contribution in [1.82, 2.24) is 20.0 Å². The van der Waals surface area contributed by atoms with Gasteiger partial charge in [0.05, 0.1) is 31.5 Å². The first-order valence-electron chi connectivity index (χ1n) is 11.4. The van der Waals surface area contributed by atoms with E-state index in [9.17, 15) is 4.79 Å². The molecule has 7 nitrogen and oxygen atoms in total. The molecular weight excluding hydrogens is 440 g/mol. The molecule has 0 fully saturated rings. The Bertz CT molecular complexity index is 1270. The van der Waals surface area contributed by atoms with E-state index in [-0.39, 0.29) is 11.9 Å². The van der Waals surface area contributed by atoms with Gasteiger partial charge in [0.15, 0.2) is 11.5 Å². The number of benzene rings is 3. The fourth-order valence-corrected chi connectivity index (χ4v) is 4.01. The van der Waals surface area contributed by atoms with Crippen LogP contribution >= 0.6 is 0 Å². The number of nitrogens with one attached hydrogen (secondary N) is 1. The van der Waals surface area contributed by atoms with E-state index in [1.807, 2.05) is 80.8 Å². The number of nitrogens with zero attached hydrogens (tertiary/aromatic N) is 3. The van der Waals surface area contributed by atoms with Crippen molar-refractivity contribution in [2.24, 2.45) is 0 Å². The molecule has 4 aromatic rings. The van der Waals surface area contributed by atoms with E-state index in [0.29, 0.717) is 29.3 Å². The number of amides is 1. The summed E-state index contributed by atoms with van der Waals surface area (Å²) < 4.78 is 12.6. The first-order valence-corrected chi connectivity index (χ1v) is 11.4. The molecule has 1 heterocycles. The van der Waals surface area contributed by atoms with Gasteiger partial charge in [-0.3, -0.25) is 4.79 Å². The lowest BCUT2D eigenvalue weighted by atomic mass is 10.0. The number of hydrogen-bond donors (Lipinski definition) is 1. The van der Waals surface area contributed by atoms with Crippen molar-refractivity contribution in [2.45, 2.75) is 6.04 Å². The molecule has 1 amide bonds. The summed E-state index contributed by atoms with van der Waals surface area (Å²) in [7, 11) is 7.19. The largest absolute Gasteiger partial charge is 0.493 e. The summed E-state index contributed by atoms with van der Waals surface area (Å²) in [5.41, 5.74) is 3.80. The quantitative estimate of drug-likeness (QED) is 0.388. The Morgan fingerprint density at radius 2 is 1.60 bits per heavy atom. The van der Waals surface area contributed by atoms with Crippen molar-refractivity contribution >= 4 is 5.91 Å². The smallest absolute Gasteiger partial charge is 0.255 e. The van der Waals surface area contributed by atoms with E-state index >= 15 is 0 Å². The lowest BCUT2D eigenvalue weighted by Gasteiger charge is -2.25. The highest BCUT2D eigenvalue weighted by Gasteiger charge is 2.22. The molecule has 0 aliphatic rings. The minimum atomic E-state index is -0.195. The van der Waals surface area contributed by atoms with Crippen LogP contribution in [0.4, 0.5) is 0 Å². The molecule has 0 bridgehead atoms. The van der Waals surface area contributed by atoms with E-state index in [1.165, 1.54) is 0 Å². The molecule has 0 aliphatic heterocycles. The Morgan fingerprint density at radius 1 is 0.943 bits per heavy atom. The highest BCUT2D eigenvalue weighted by Crippen LogP contribution is 2.33. The lowest BCUT2D eigenvalue weighted by molar-refractivity contribution is 0.0942. The van der Waals surface area contributed by atoms with Crippen molar-refractivity contribution < 1.29 is 14.3 Å². The van der Waals surface area contributed by atoms with E-state index in [0.717, 1.165) is 16.8 Å². The van der Waals surface area contributed by atoms with Crippen LogP contribution in [0.15, 0.2) is 85.1 Å². The molecule has 0 saturated heterocycles. The average molecular weight is 471 g/mol. The number of carbonyl (C=O) groups is 1. The van der Waals surface area contributed by atoms with Crippen molar-refractivity contribution in [2.75, 3.05) is 34.9 Å². The third kappa shape index (κ3) is 5.36. The van der Waals surface area contributed by atoms with Crippen LogP contribution < -0.4 is 14.8 Å².